The zero-order chi connectivity index (χ0) is 19.3. The van der Waals surface area contributed by atoms with Crippen LogP contribution >= 0.6 is 11.6 Å². The van der Waals surface area contributed by atoms with Crippen molar-refractivity contribution in [3.8, 4) is 5.75 Å². The number of benzene rings is 2. The van der Waals surface area contributed by atoms with Gasteiger partial charge in [0.1, 0.15) is 5.75 Å². The molecule has 0 spiro atoms. The van der Waals surface area contributed by atoms with Gasteiger partial charge in [-0.1, -0.05) is 11.6 Å². The number of nitrogens with zero attached hydrogens (tertiary/aromatic N) is 1. The number of nitro benzene ring substituents is 1. The van der Waals surface area contributed by atoms with E-state index in [4.69, 9.17) is 21.1 Å². The maximum Gasteiger partial charge on any atom is 0.340 e. The first-order valence-corrected chi connectivity index (χ1v) is 7.79. The quantitative estimate of drug-likeness (QED) is 0.468. The lowest BCUT2D eigenvalue weighted by Crippen LogP contribution is -2.30. The van der Waals surface area contributed by atoms with Crippen molar-refractivity contribution in [3.05, 3.63) is 63.2 Å². The molecule has 0 saturated heterocycles. The van der Waals surface area contributed by atoms with Crippen LogP contribution in [0.2, 0.25) is 5.02 Å². The molecule has 8 nitrogen and oxygen atoms in total. The topological polar surface area (TPSA) is 108 Å². The lowest BCUT2D eigenvalue weighted by Gasteiger charge is -2.14. The first kappa shape index (κ1) is 19.2. The summed E-state index contributed by atoms with van der Waals surface area (Å²) in [5.74, 6) is -0.871. The summed E-state index contributed by atoms with van der Waals surface area (Å²) in [7, 11) is 1.52. The number of carbonyl (C=O) groups is 2. The highest BCUT2D eigenvalue weighted by Crippen LogP contribution is 2.23. The Balaban J connectivity index is 2.04. The fourth-order valence-electron chi connectivity index (χ4n) is 1.98. The Kier molecular flexibility index (Phi) is 6.13. The van der Waals surface area contributed by atoms with Gasteiger partial charge in [0.05, 0.1) is 22.6 Å². The van der Waals surface area contributed by atoms with Crippen molar-refractivity contribution in [1.29, 1.82) is 0 Å². The van der Waals surface area contributed by atoms with Crippen LogP contribution in [0, 0.1) is 10.1 Å². The Labute approximate surface area is 153 Å². The minimum Gasteiger partial charge on any atom is -0.497 e. The number of non-ortho nitro benzene ring substituents is 1. The first-order valence-electron chi connectivity index (χ1n) is 7.41. The highest BCUT2D eigenvalue weighted by molar-refractivity contribution is 6.33. The third-order valence-corrected chi connectivity index (χ3v) is 3.72. The van der Waals surface area contributed by atoms with E-state index in [9.17, 15) is 19.7 Å². The molecule has 0 aliphatic heterocycles. The smallest absolute Gasteiger partial charge is 0.340 e. The molecule has 2 aromatic carbocycles. The van der Waals surface area contributed by atoms with E-state index in [1.807, 2.05) is 0 Å². The van der Waals surface area contributed by atoms with Crippen molar-refractivity contribution < 1.29 is 24.0 Å². The van der Waals surface area contributed by atoms with Crippen molar-refractivity contribution in [3.63, 3.8) is 0 Å². The first-order chi connectivity index (χ1) is 12.3. The summed E-state index contributed by atoms with van der Waals surface area (Å²) in [6, 6.07) is 9.96. The average molecular weight is 379 g/mol. The Hall–Kier alpha value is -3.13. The van der Waals surface area contributed by atoms with Gasteiger partial charge in [-0.25, -0.2) is 4.79 Å². The molecule has 26 heavy (non-hydrogen) atoms. The van der Waals surface area contributed by atoms with Gasteiger partial charge in [0, 0.05) is 17.8 Å². The van der Waals surface area contributed by atoms with Crippen molar-refractivity contribution >= 4 is 34.9 Å². The van der Waals surface area contributed by atoms with Crippen molar-refractivity contribution in [2.24, 2.45) is 0 Å². The zero-order valence-electron chi connectivity index (χ0n) is 13.9. The third kappa shape index (κ3) is 4.70. The molecule has 0 aromatic heterocycles. The summed E-state index contributed by atoms with van der Waals surface area (Å²) in [5.41, 5.74) is -0.00580. The highest BCUT2D eigenvalue weighted by Gasteiger charge is 2.22. The van der Waals surface area contributed by atoms with Crippen LogP contribution in [0.3, 0.4) is 0 Å². The van der Waals surface area contributed by atoms with Gasteiger partial charge in [0.25, 0.3) is 11.6 Å². The number of nitro groups is 1. The fourth-order valence-corrected chi connectivity index (χ4v) is 2.17. The van der Waals surface area contributed by atoms with E-state index in [1.54, 1.807) is 24.3 Å². The molecule has 1 atom stereocenters. The molecule has 136 valence electrons. The number of carbonyl (C=O) groups excluding carboxylic acids is 2. The number of amides is 1. The summed E-state index contributed by atoms with van der Waals surface area (Å²) in [6.07, 6.45) is -1.14. The van der Waals surface area contributed by atoms with Crippen molar-refractivity contribution in [2.45, 2.75) is 13.0 Å². The van der Waals surface area contributed by atoms with Crippen LogP contribution in [0.1, 0.15) is 17.3 Å². The standard InChI is InChI=1S/C17H15ClN2O6/c1-10(16(21)19-11-3-6-13(25-2)7-4-11)26-17(22)14-9-12(20(23)24)5-8-15(14)18/h3-10H,1-2H3,(H,19,21)/t10-/m0/s1. The molecular formula is C17H15ClN2O6. The SMILES string of the molecule is COc1ccc(NC(=O)[C@H](C)OC(=O)c2cc([N+](=O)[O-])ccc2Cl)cc1. The van der Waals surface area contributed by atoms with Crippen LogP contribution < -0.4 is 10.1 Å². The Morgan fingerprint density at radius 1 is 1.19 bits per heavy atom. The van der Waals surface area contributed by atoms with E-state index in [-0.39, 0.29) is 16.3 Å². The molecule has 2 aromatic rings. The van der Waals surface area contributed by atoms with E-state index in [0.717, 1.165) is 6.07 Å². The number of esters is 1. The number of halogens is 1. The molecule has 0 fully saturated rings. The van der Waals surface area contributed by atoms with Crippen LogP contribution in [-0.4, -0.2) is 30.0 Å². The summed E-state index contributed by atoms with van der Waals surface area (Å²) < 4.78 is 10.1. The predicted molar refractivity (Wildman–Crippen MR) is 94.6 cm³/mol. The molecule has 9 heteroatoms. The third-order valence-electron chi connectivity index (χ3n) is 3.39. The Morgan fingerprint density at radius 3 is 2.42 bits per heavy atom. The summed E-state index contributed by atoms with van der Waals surface area (Å²) in [6.45, 7) is 1.38. The highest BCUT2D eigenvalue weighted by atomic mass is 35.5. The van der Waals surface area contributed by atoms with Gasteiger partial charge in [-0.05, 0) is 37.3 Å². The molecule has 1 N–H and O–H groups in total. The van der Waals surface area contributed by atoms with E-state index >= 15 is 0 Å². The Morgan fingerprint density at radius 2 is 1.85 bits per heavy atom. The molecule has 0 unspecified atom stereocenters. The second-order valence-electron chi connectivity index (χ2n) is 5.19. The second-order valence-corrected chi connectivity index (χ2v) is 5.59. The molecule has 1 amide bonds. The van der Waals surface area contributed by atoms with Crippen LogP contribution in [0.15, 0.2) is 42.5 Å². The van der Waals surface area contributed by atoms with Gasteiger partial charge in [-0.3, -0.25) is 14.9 Å². The molecular weight excluding hydrogens is 364 g/mol. The maximum absolute atomic E-state index is 12.2. The lowest BCUT2D eigenvalue weighted by molar-refractivity contribution is -0.384. The van der Waals surface area contributed by atoms with Crippen molar-refractivity contribution in [1.82, 2.24) is 0 Å². The summed E-state index contributed by atoms with van der Waals surface area (Å²) in [4.78, 5) is 34.4. The lowest BCUT2D eigenvalue weighted by atomic mass is 10.2. The number of methoxy groups -OCH3 is 1. The van der Waals surface area contributed by atoms with Crippen LogP contribution in [0.25, 0.3) is 0 Å². The average Bonchev–Trinajstić information content (AvgIpc) is 2.62. The molecule has 0 bridgehead atoms. The minimum atomic E-state index is -1.14. The second kappa shape index (κ2) is 8.30. The van der Waals surface area contributed by atoms with Gasteiger partial charge in [-0.2, -0.15) is 0 Å². The van der Waals surface area contributed by atoms with Crippen molar-refractivity contribution in [2.75, 3.05) is 12.4 Å². The maximum atomic E-state index is 12.2. The molecule has 2 rings (SSSR count). The monoisotopic (exact) mass is 378 g/mol. The summed E-state index contributed by atoms with van der Waals surface area (Å²) >= 11 is 5.88. The van der Waals surface area contributed by atoms with E-state index in [0.29, 0.717) is 11.4 Å². The minimum absolute atomic E-state index is 0.0108. The molecule has 0 saturated carbocycles. The zero-order valence-corrected chi connectivity index (χ0v) is 14.6. The molecule has 0 radical (unpaired) electrons. The van der Waals surface area contributed by atoms with Gasteiger partial charge in [0.15, 0.2) is 6.10 Å². The normalized spacial score (nSPS) is 11.3. The van der Waals surface area contributed by atoms with Gasteiger partial charge in [0.2, 0.25) is 0 Å². The Bertz CT molecular complexity index is 838. The van der Waals surface area contributed by atoms with E-state index in [1.165, 1.54) is 26.2 Å². The fraction of sp³-hybridized carbons (Fsp3) is 0.176. The largest absolute Gasteiger partial charge is 0.497 e. The number of ether oxygens (including phenoxy) is 2. The number of nitrogens with one attached hydrogen (secondary N) is 1. The number of rotatable bonds is 6. The number of anilines is 1. The summed E-state index contributed by atoms with van der Waals surface area (Å²) in [5, 5.41) is 13.4. The van der Waals surface area contributed by atoms with E-state index in [2.05, 4.69) is 5.32 Å². The molecule has 0 aliphatic rings. The van der Waals surface area contributed by atoms with Gasteiger partial charge >= 0.3 is 5.97 Å². The van der Waals surface area contributed by atoms with E-state index < -0.39 is 22.9 Å². The molecule has 0 aliphatic carbocycles. The van der Waals surface area contributed by atoms with Crippen LogP contribution in [-0.2, 0) is 9.53 Å². The van der Waals surface area contributed by atoms with Gasteiger partial charge < -0.3 is 14.8 Å². The van der Waals surface area contributed by atoms with Crippen LogP contribution in [0.5, 0.6) is 5.75 Å². The van der Waals surface area contributed by atoms with Gasteiger partial charge in [-0.15, -0.1) is 0 Å². The number of hydrogen-bond donors (Lipinski definition) is 1. The number of hydrogen-bond acceptors (Lipinski definition) is 6. The predicted octanol–water partition coefficient (Wildman–Crippen LogP) is 3.44. The molecule has 0 heterocycles. The van der Waals surface area contributed by atoms with Crippen LogP contribution in [0.4, 0.5) is 11.4 Å².